The van der Waals surface area contributed by atoms with Crippen LogP contribution in [0.15, 0.2) is 11.6 Å². The lowest BCUT2D eigenvalue weighted by molar-refractivity contribution is 0.353. The smallest absolute Gasteiger partial charge is 0.00504 e. The van der Waals surface area contributed by atoms with Gasteiger partial charge >= 0.3 is 0 Å². The van der Waals surface area contributed by atoms with Crippen LogP contribution >= 0.6 is 0 Å². The second-order valence-corrected chi connectivity index (χ2v) is 4.89. The summed E-state index contributed by atoms with van der Waals surface area (Å²) < 4.78 is 0. The maximum atomic E-state index is 2.55. The van der Waals surface area contributed by atoms with Gasteiger partial charge in [0.05, 0.1) is 0 Å². The van der Waals surface area contributed by atoms with Crippen LogP contribution in [0.2, 0.25) is 0 Å². The van der Waals surface area contributed by atoms with E-state index in [1.807, 2.05) is 5.57 Å². The van der Waals surface area contributed by atoms with Crippen molar-refractivity contribution in [2.45, 2.75) is 64.7 Å². The zero-order chi connectivity index (χ0) is 9.15. The quantitative estimate of drug-likeness (QED) is 0.442. The average Bonchev–Trinajstić information content (AvgIpc) is 2.80. The summed E-state index contributed by atoms with van der Waals surface area (Å²) in [4.78, 5) is 0. The molecule has 0 nitrogen and oxygen atoms in total. The Morgan fingerprint density at radius 1 is 1.23 bits per heavy atom. The first-order valence-corrected chi connectivity index (χ1v) is 6.07. The van der Waals surface area contributed by atoms with Crippen LogP contribution in [0.1, 0.15) is 64.7 Å². The molecule has 1 spiro atoms. The van der Waals surface area contributed by atoms with E-state index in [9.17, 15) is 0 Å². The Morgan fingerprint density at radius 2 is 2.00 bits per heavy atom. The number of hydrogen-bond donors (Lipinski definition) is 0. The molecular formula is C13H22. The van der Waals surface area contributed by atoms with E-state index in [4.69, 9.17) is 0 Å². The Labute approximate surface area is 82.4 Å². The standard InChI is InChI=1S/C13H22/c1-2-3-5-8-12-11-13(12)9-6-4-7-10-13/h8H,2-7,9-11H2,1H3/b12-8-. The zero-order valence-electron chi connectivity index (χ0n) is 8.94. The third kappa shape index (κ3) is 1.98. The highest BCUT2D eigenvalue weighted by atomic mass is 14.5. The van der Waals surface area contributed by atoms with Crippen LogP contribution in [0.5, 0.6) is 0 Å². The summed E-state index contributed by atoms with van der Waals surface area (Å²) in [6, 6.07) is 0. The minimum atomic E-state index is 0.756. The Kier molecular flexibility index (Phi) is 2.76. The molecule has 2 aliphatic carbocycles. The van der Waals surface area contributed by atoms with Gasteiger partial charge in [-0.3, -0.25) is 0 Å². The highest BCUT2D eigenvalue weighted by Crippen LogP contribution is 2.61. The van der Waals surface area contributed by atoms with E-state index in [1.165, 1.54) is 57.8 Å². The first-order chi connectivity index (χ1) is 6.37. The van der Waals surface area contributed by atoms with Crippen LogP contribution in [0.3, 0.4) is 0 Å². The van der Waals surface area contributed by atoms with Crippen molar-refractivity contribution >= 4 is 0 Å². The van der Waals surface area contributed by atoms with Crippen molar-refractivity contribution in [3.05, 3.63) is 11.6 Å². The Hall–Kier alpha value is -0.260. The van der Waals surface area contributed by atoms with Crippen molar-refractivity contribution in [1.29, 1.82) is 0 Å². The first kappa shape index (κ1) is 9.30. The summed E-state index contributed by atoms with van der Waals surface area (Å²) in [5.74, 6) is 0. The van der Waals surface area contributed by atoms with Crippen molar-refractivity contribution < 1.29 is 0 Å². The van der Waals surface area contributed by atoms with E-state index in [0.29, 0.717) is 0 Å². The van der Waals surface area contributed by atoms with E-state index in [0.717, 1.165) is 5.41 Å². The summed E-state index contributed by atoms with van der Waals surface area (Å²) in [7, 11) is 0. The Bertz CT molecular complexity index is 194. The summed E-state index contributed by atoms with van der Waals surface area (Å²) >= 11 is 0. The van der Waals surface area contributed by atoms with E-state index in [-0.39, 0.29) is 0 Å². The molecular weight excluding hydrogens is 156 g/mol. The molecule has 2 rings (SSSR count). The fraction of sp³-hybridized carbons (Fsp3) is 0.846. The molecule has 0 bridgehead atoms. The fourth-order valence-electron chi connectivity index (χ4n) is 2.82. The molecule has 0 heteroatoms. The molecule has 0 aliphatic heterocycles. The van der Waals surface area contributed by atoms with Crippen LogP contribution in [0.4, 0.5) is 0 Å². The molecule has 0 unspecified atom stereocenters. The predicted octanol–water partition coefficient (Wildman–Crippen LogP) is 4.46. The summed E-state index contributed by atoms with van der Waals surface area (Å²) in [6.07, 6.45) is 15.6. The van der Waals surface area contributed by atoms with Gasteiger partial charge in [0.25, 0.3) is 0 Å². The molecule has 0 saturated heterocycles. The van der Waals surface area contributed by atoms with E-state index < -0.39 is 0 Å². The second kappa shape index (κ2) is 3.86. The van der Waals surface area contributed by atoms with Gasteiger partial charge in [0.15, 0.2) is 0 Å². The topological polar surface area (TPSA) is 0 Å². The molecule has 0 atom stereocenters. The van der Waals surface area contributed by atoms with Crippen LogP contribution in [0.25, 0.3) is 0 Å². The average molecular weight is 178 g/mol. The molecule has 0 N–H and O–H groups in total. The molecule has 0 aromatic heterocycles. The molecule has 2 aliphatic rings. The van der Waals surface area contributed by atoms with Crippen molar-refractivity contribution in [1.82, 2.24) is 0 Å². The van der Waals surface area contributed by atoms with Gasteiger partial charge in [-0.15, -0.1) is 0 Å². The normalized spacial score (nSPS) is 28.2. The lowest BCUT2D eigenvalue weighted by Gasteiger charge is -2.19. The minimum Gasteiger partial charge on any atom is -0.0847 e. The number of hydrogen-bond acceptors (Lipinski definition) is 0. The predicted molar refractivity (Wildman–Crippen MR) is 57.7 cm³/mol. The van der Waals surface area contributed by atoms with Gasteiger partial charge < -0.3 is 0 Å². The van der Waals surface area contributed by atoms with Crippen LogP contribution < -0.4 is 0 Å². The largest absolute Gasteiger partial charge is 0.0847 e. The second-order valence-electron chi connectivity index (χ2n) is 4.89. The summed E-state index contributed by atoms with van der Waals surface area (Å²) in [5, 5.41) is 0. The van der Waals surface area contributed by atoms with Gasteiger partial charge in [0, 0.05) is 0 Å². The lowest BCUT2D eigenvalue weighted by atomic mass is 9.85. The Balaban J connectivity index is 1.81. The fourth-order valence-corrected chi connectivity index (χ4v) is 2.82. The van der Waals surface area contributed by atoms with Crippen molar-refractivity contribution in [2.24, 2.45) is 5.41 Å². The van der Waals surface area contributed by atoms with Crippen molar-refractivity contribution in [3.8, 4) is 0 Å². The molecule has 0 amide bonds. The molecule has 0 heterocycles. The SMILES string of the molecule is CCCC/C=C1/CC12CCCCC2. The van der Waals surface area contributed by atoms with E-state index in [1.54, 1.807) is 0 Å². The Morgan fingerprint density at radius 3 is 2.69 bits per heavy atom. The van der Waals surface area contributed by atoms with Crippen LogP contribution in [0, 0.1) is 5.41 Å². The third-order valence-electron chi connectivity index (χ3n) is 3.84. The van der Waals surface area contributed by atoms with Crippen LogP contribution in [-0.2, 0) is 0 Å². The summed E-state index contributed by atoms with van der Waals surface area (Å²) in [5.41, 5.74) is 2.58. The first-order valence-electron chi connectivity index (χ1n) is 6.07. The minimum absolute atomic E-state index is 0.756. The monoisotopic (exact) mass is 178 g/mol. The van der Waals surface area contributed by atoms with Crippen LogP contribution in [-0.4, -0.2) is 0 Å². The number of allylic oxidation sites excluding steroid dienone is 2. The molecule has 0 aromatic rings. The van der Waals surface area contributed by atoms with Gasteiger partial charge in [0.1, 0.15) is 0 Å². The molecule has 2 fully saturated rings. The number of rotatable bonds is 3. The van der Waals surface area contributed by atoms with Gasteiger partial charge in [-0.05, 0) is 31.1 Å². The van der Waals surface area contributed by atoms with Gasteiger partial charge in [-0.2, -0.15) is 0 Å². The maximum Gasteiger partial charge on any atom is -0.00504 e. The highest BCUT2D eigenvalue weighted by molar-refractivity contribution is 5.32. The van der Waals surface area contributed by atoms with Crippen molar-refractivity contribution in [2.75, 3.05) is 0 Å². The maximum absolute atomic E-state index is 2.55. The number of unbranched alkanes of at least 4 members (excludes halogenated alkanes) is 2. The molecule has 0 aromatic carbocycles. The molecule has 74 valence electrons. The van der Waals surface area contributed by atoms with E-state index in [2.05, 4.69) is 13.0 Å². The lowest BCUT2D eigenvalue weighted by Crippen LogP contribution is -2.06. The summed E-state index contributed by atoms with van der Waals surface area (Å²) in [6.45, 7) is 2.28. The zero-order valence-corrected chi connectivity index (χ0v) is 8.94. The molecule has 0 radical (unpaired) electrons. The highest BCUT2D eigenvalue weighted by Gasteiger charge is 2.47. The molecule has 13 heavy (non-hydrogen) atoms. The van der Waals surface area contributed by atoms with Gasteiger partial charge in [-0.1, -0.05) is 50.7 Å². The third-order valence-corrected chi connectivity index (χ3v) is 3.84. The van der Waals surface area contributed by atoms with Gasteiger partial charge in [0.2, 0.25) is 0 Å². The molecule has 2 saturated carbocycles. The van der Waals surface area contributed by atoms with Gasteiger partial charge in [-0.25, -0.2) is 0 Å². The van der Waals surface area contributed by atoms with Crippen molar-refractivity contribution in [3.63, 3.8) is 0 Å². The van der Waals surface area contributed by atoms with E-state index >= 15 is 0 Å².